The highest BCUT2D eigenvalue weighted by Crippen LogP contribution is 2.57. The zero-order chi connectivity index (χ0) is 95.4. The molecule has 13 heterocycles. The van der Waals surface area contributed by atoms with Crippen LogP contribution < -0.4 is 114 Å². The van der Waals surface area contributed by atoms with E-state index in [-0.39, 0.29) is 105 Å². The Bertz CT molecular complexity index is 7610. The predicted molar refractivity (Wildman–Crippen MR) is 494 cm³/mol. The lowest BCUT2D eigenvalue weighted by Gasteiger charge is -2.17. The molecule has 1 fully saturated rings. The number of benzene rings is 14. The topological polar surface area (TPSA) is 353 Å². The fourth-order valence-electron chi connectivity index (χ4n) is 19.5. The molecule has 13 aliphatic heterocycles. The molecule has 34 heteroatoms. The molecule has 0 amide bonds. The molecule has 1 unspecified atom stereocenters. The number of ether oxygens (including phenoxy) is 29. The number of hydrogen-bond acceptors (Lipinski definition) is 34. The number of fused-ring (bicyclic) bond motifs is 16. The maximum absolute atomic E-state index is 12.6. The third-order valence-corrected chi connectivity index (χ3v) is 25.8. The third kappa shape index (κ3) is 14.7. The Kier molecular flexibility index (Phi) is 21.8. The minimum atomic E-state index is -0.404. The van der Waals surface area contributed by atoms with Crippen molar-refractivity contribution in [2.45, 2.75) is 32.8 Å². The number of methoxy groups -OCH3 is 8. The highest BCUT2D eigenvalue weighted by molar-refractivity contribution is 6.17. The minimum Gasteiger partial charge on any atom is -0.496 e. The molecule has 0 spiro atoms. The van der Waals surface area contributed by atoms with Gasteiger partial charge in [-0.05, 0) is 205 Å². The van der Waals surface area contributed by atoms with Crippen molar-refractivity contribution in [3.05, 3.63) is 219 Å². The van der Waals surface area contributed by atoms with E-state index in [0.29, 0.717) is 179 Å². The molecule has 708 valence electrons. The zero-order valence-corrected chi connectivity index (χ0v) is 75.9. The molecule has 0 aromatic heterocycles. The van der Waals surface area contributed by atoms with Crippen LogP contribution in [0.25, 0.3) is 93.7 Å². The highest BCUT2D eigenvalue weighted by Gasteiger charge is 2.41. The molecule has 140 heavy (non-hydrogen) atoms. The normalized spacial score (nSPS) is 16.0. The van der Waals surface area contributed by atoms with E-state index >= 15 is 0 Å². The van der Waals surface area contributed by atoms with E-state index in [1.165, 1.54) is 0 Å². The summed E-state index contributed by atoms with van der Waals surface area (Å²) in [7, 11) is 12.6. The van der Waals surface area contributed by atoms with Crippen molar-refractivity contribution in [2.24, 2.45) is 5.92 Å². The van der Waals surface area contributed by atoms with Gasteiger partial charge in [0.25, 0.3) is 0 Å². The van der Waals surface area contributed by atoms with Crippen molar-refractivity contribution in [1.29, 1.82) is 0 Å². The fraction of sp³-hybridized carbons (Fsp3) is 0.217. The van der Waals surface area contributed by atoms with E-state index < -0.39 is 11.9 Å². The lowest BCUT2D eigenvalue weighted by molar-refractivity contribution is -0.135. The molecule has 0 radical (unpaired) electrons. The summed E-state index contributed by atoms with van der Waals surface area (Å²) < 4.78 is 159. The van der Waals surface area contributed by atoms with E-state index in [1.54, 1.807) is 62.9 Å². The summed E-state index contributed by atoms with van der Waals surface area (Å²) in [6.07, 6.45) is 2.53. The van der Waals surface area contributed by atoms with Crippen LogP contribution in [0, 0.1) is 5.92 Å². The first kappa shape index (κ1) is 86.5. The Labute approximate surface area is 794 Å². The summed E-state index contributed by atoms with van der Waals surface area (Å²) in [5.41, 5.74) is 14.5. The van der Waals surface area contributed by atoms with Gasteiger partial charge in [-0.15, -0.1) is 0 Å². The lowest BCUT2D eigenvalue weighted by Crippen LogP contribution is -2.08. The van der Waals surface area contributed by atoms with Gasteiger partial charge in [0.15, 0.2) is 115 Å². The first-order chi connectivity index (χ1) is 68.6. The maximum atomic E-state index is 12.6. The van der Waals surface area contributed by atoms with Crippen molar-refractivity contribution < 1.29 is 161 Å². The molecular weight excluding hydrogens is 1820 g/mol. The van der Waals surface area contributed by atoms with Crippen LogP contribution in [0.2, 0.25) is 0 Å². The molecule has 13 aliphatic rings. The Balaban J connectivity index is 0.0000000977. The van der Waals surface area contributed by atoms with E-state index in [4.69, 9.17) is 137 Å². The molecule has 0 aliphatic carbocycles. The van der Waals surface area contributed by atoms with Gasteiger partial charge < -0.3 is 137 Å². The van der Waals surface area contributed by atoms with Crippen molar-refractivity contribution in [3.63, 3.8) is 0 Å². The smallest absolute Gasteiger partial charge is 0.342 e. The van der Waals surface area contributed by atoms with Gasteiger partial charge in [-0.1, -0.05) is 36.4 Å². The van der Waals surface area contributed by atoms with Crippen molar-refractivity contribution in [3.8, 4) is 182 Å². The molecule has 1 atom stereocenters. The van der Waals surface area contributed by atoms with Crippen molar-refractivity contribution in [1.82, 2.24) is 0 Å². The van der Waals surface area contributed by atoms with E-state index in [1.807, 2.05) is 158 Å². The van der Waals surface area contributed by atoms with Gasteiger partial charge in [0.1, 0.15) is 54.8 Å². The molecule has 14 aromatic carbocycles. The standard InChI is InChI=1S/C22H18O7.3C21H14O7.C21H20O6/c1-24-15-5-4-11(6-16(15)25-2)19-12-7-17-18(29-10-28-17)8-13(12)21(26-3)20-14(19)9-27-22(20)23;1-23-19-12-5-13-14(7-24-21(13)22)18(11(12)6-17-20(19)28-9-27-17)10-2-3-15-16(4-10)26-8-25-15;1-23-20-12-6-17-16(27-9-28-17)5-11(12)18(19-13(20)7-24-21(19)22)10-2-3-14-15(4-10)26-8-25-14;1-23-20-12-6-17-16(27-9-28-17)5-11(12)18(13-7-24-21(22)19(13)20)10-2-3-14-15(4-10)26-8-25-14;1-23-17-5-3-13(9-19(17)24-2)7-15-11-25-21(22)16(15)8-14-4-6-18-20(10-14)27-12-26-18/h4-8H,9-10H2,1-3H3;3*2-6H,7-9H2,1H3;3-6,8-10,15H,7,11-12H2,1-2H3/b;;;;16-8+. The third-order valence-electron chi connectivity index (χ3n) is 25.8. The average molecular weight is 1900 g/mol. The molecule has 0 saturated carbocycles. The highest BCUT2D eigenvalue weighted by atomic mass is 16.7. The number of carbonyl (C=O) groups excluding carboxylic acids is 5. The number of esters is 5. The van der Waals surface area contributed by atoms with Crippen LogP contribution in [0.3, 0.4) is 0 Å². The lowest BCUT2D eigenvalue weighted by atomic mass is 9.89. The molecule has 34 nitrogen and oxygen atoms in total. The zero-order valence-electron chi connectivity index (χ0n) is 75.9. The number of rotatable bonds is 15. The minimum absolute atomic E-state index is 0.0268. The molecule has 0 bridgehead atoms. The molecule has 0 N–H and O–H groups in total. The summed E-state index contributed by atoms with van der Waals surface area (Å²) in [4.78, 5) is 62.3. The van der Waals surface area contributed by atoms with Crippen molar-refractivity contribution >= 4 is 79.0 Å². The summed E-state index contributed by atoms with van der Waals surface area (Å²) in [6.45, 7) is 2.49. The fourth-order valence-corrected chi connectivity index (χ4v) is 19.5. The number of carbonyl (C=O) groups is 5. The van der Waals surface area contributed by atoms with Gasteiger partial charge >= 0.3 is 29.8 Å². The van der Waals surface area contributed by atoms with Gasteiger partial charge in [-0.3, -0.25) is 0 Å². The van der Waals surface area contributed by atoms with Gasteiger partial charge in [0.2, 0.25) is 60.1 Å². The van der Waals surface area contributed by atoms with Crippen LogP contribution in [0.1, 0.15) is 74.8 Å². The maximum Gasteiger partial charge on any atom is 0.342 e. The van der Waals surface area contributed by atoms with E-state index in [9.17, 15) is 24.0 Å². The van der Waals surface area contributed by atoms with Crippen LogP contribution in [0.5, 0.6) is 138 Å². The Hall–Kier alpha value is -17.6. The largest absolute Gasteiger partial charge is 0.496 e. The first-order valence-corrected chi connectivity index (χ1v) is 44.0. The quantitative estimate of drug-likeness (QED) is 0.0522. The van der Waals surface area contributed by atoms with Gasteiger partial charge in [-0.25, -0.2) is 24.0 Å². The second-order valence-electron chi connectivity index (χ2n) is 33.0. The Morgan fingerprint density at radius 1 is 0.250 bits per heavy atom. The molecule has 1 saturated heterocycles. The summed E-state index contributed by atoms with van der Waals surface area (Å²) in [5.74, 6) is 13.2. The Morgan fingerprint density at radius 3 is 1.09 bits per heavy atom. The van der Waals surface area contributed by atoms with E-state index in [0.717, 1.165) is 121 Å². The van der Waals surface area contributed by atoms with Gasteiger partial charge in [-0.2, -0.15) is 0 Å². The van der Waals surface area contributed by atoms with Crippen LogP contribution in [-0.2, 0) is 61.3 Å². The summed E-state index contributed by atoms with van der Waals surface area (Å²) in [6, 6.07) is 49.1. The van der Waals surface area contributed by atoms with Crippen LogP contribution in [-0.4, -0.2) is 148 Å². The van der Waals surface area contributed by atoms with Crippen LogP contribution in [0.15, 0.2) is 163 Å². The molecule has 27 rings (SSSR count). The average Bonchev–Trinajstić information content (AvgIpc) is 1.55. The van der Waals surface area contributed by atoms with Crippen LogP contribution >= 0.6 is 0 Å². The monoisotopic (exact) mass is 1900 g/mol. The van der Waals surface area contributed by atoms with Crippen molar-refractivity contribution in [2.75, 3.05) is 118 Å². The SMILES string of the molecule is COc1c2c(c(-c3ccc4c(c3)OCO4)c3cc4c(cc13)OCO4)C(=O)OC2.COc1c2c(c(-c3ccc4c(c3)OCO4)c3cc4c(cc13)OCO4)COC2=O.COc1c2c(cc3c(-c4ccc5c(c4)OCO5)c4c(cc13)C(=O)OC4)OCO2.COc1ccc(-c2c3c(c(OC)c4cc5c(cc24)OCO5)C(=O)OC3)cc1OC.COc1ccc(CC2COC(=O)/C2=C/c2ccc3c(c2)OCO3)cc1OC. The summed E-state index contributed by atoms with van der Waals surface area (Å²) in [5, 5.41) is 6.56. The number of hydrogen-bond donors (Lipinski definition) is 0. The van der Waals surface area contributed by atoms with E-state index in [2.05, 4.69) is 0 Å². The Morgan fingerprint density at radius 2 is 0.600 bits per heavy atom. The number of cyclic esters (lactones) is 5. The summed E-state index contributed by atoms with van der Waals surface area (Å²) >= 11 is 0. The van der Waals surface area contributed by atoms with Gasteiger partial charge in [0.05, 0.1) is 74.6 Å². The predicted octanol–water partition coefficient (Wildman–Crippen LogP) is 18.1. The first-order valence-electron chi connectivity index (χ1n) is 44.0. The molecule has 14 aromatic rings. The van der Waals surface area contributed by atoms with Gasteiger partial charge in [0, 0.05) is 60.9 Å². The van der Waals surface area contributed by atoms with Crippen LogP contribution in [0.4, 0.5) is 0 Å². The molecular formula is C106H80O34. The second-order valence-corrected chi connectivity index (χ2v) is 33.0. The second kappa shape index (κ2) is 35.3.